The molecule has 0 aromatic rings. The zero-order valence-corrected chi connectivity index (χ0v) is 7.90. The highest BCUT2D eigenvalue weighted by atomic mass is 16.6. The highest BCUT2D eigenvalue weighted by molar-refractivity contribution is 5.90. The van der Waals surface area contributed by atoms with Gasteiger partial charge in [-0.2, -0.15) is 0 Å². The van der Waals surface area contributed by atoms with E-state index in [1.165, 1.54) is 0 Å². The van der Waals surface area contributed by atoms with Crippen LogP contribution in [0.25, 0.3) is 0 Å². The lowest BCUT2D eigenvalue weighted by molar-refractivity contribution is -0.169. The lowest BCUT2D eigenvalue weighted by atomic mass is 10.1. The largest absolute Gasteiger partial charge is 0.391 e. The molecule has 2 aliphatic rings. The molecule has 0 spiro atoms. The summed E-state index contributed by atoms with van der Waals surface area (Å²) < 4.78 is 9.75. The predicted octanol–water partition coefficient (Wildman–Crippen LogP) is -0.449. The number of esters is 2. The molecule has 1 unspecified atom stereocenters. The zero-order valence-electron chi connectivity index (χ0n) is 7.90. The Hall–Kier alpha value is -0.940. The first-order chi connectivity index (χ1) is 6.75. The predicted molar refractivity (Wildman–Crippen MR) is 46.5 cm³/mol. The van der Waals surface area contributed by atoms with Gasteiger partial charge in [0.2, 0.25) is 0 Å². The SMILES string of the molecule is O=C1CN(C2CCCOC2)CC(=O)O1. The Bertz CT molecular complexity index is 231. The summed E-state index contributed by atoms with van der Waals surface area (Å²) in [5.74, 6) is -0.904. The smallest absolute Gasteiger partial charge is 0.327 e. The van der Waals surface area contributed by atoms with E-state index in [-0.39, 0.29) is 19.1 Å². The van der Waals surface area contributed by atoms with Gasteiger partial charge in [0.15, 0.2) is 0 Å². The molecule has 0 aliphatic carbocycles. The maximum atomic E-state index is 11.0. The van der Waals surface area contributed by atoms with Crippen LogP contribution in [0, 0.1) is 0 Å². The molecule has 5 nitrogen and oxygen atoms in total. The van der Waals surface area contributed by atoms with Crippen molar-refractivity contribution in [3.8, 4) is 0 Å². The lowest BCUT2D eigenvalue weighted by Crippen LogP contribution is -2.50. The standard InChI is InChI=1S/C9H13NO4/c11-8-4-10(5-9(12)14-8)7-2-1-3-13-6-7/h7H,1-6H2. The number of morpholine rings is 1. The third-order valence-corrected chi connectivity index (χ3v) is 2.54. The van der Waals surface area contributed by atoms with E-state index in [0.717, 1.165) is 19.4 Å². The Kier molecular flexibility index (Phi) is 2.79. The molecule has 2 saturated heterocycles. The van der Waals surface area contributed by atoms with Crippen LogP contribution in [0.2, 0.25) is 0 Å². The van der Waals surface area contributed by atoms with Crippen LogP contribution in [0.1, 0.15) is 12.8 Å². The van der Waals surface area contributed by atoms with Crippen LogP contribution in [0.5, 0.6) is 0 Å². The molecule has 0 N–H and O–H groups in total. The minimum atomic E-state index is -0.452. The van der Waals surface area contributed by atoms with Crippen LogP contribution in [-0.2, 0) is 19.1 Å². The van der Waals surface area contributed by atoms with Crippen molar-refractivity contribution in [2.75, 3.05) is 26.3 Å². The fraction of sp³-hybridized carbons (Fsp3) is 0.778. The van der Waals surface area contributed by atoms with Gasteiger partial charge >= 0.3 is 11.9 Å². The Labute approximate surface area is 82.0 Å². The van der Waals surface area contributed by atoms with Crippen LogP contribution < -0.4 is 0 Å². The first kappa shape index (κ1) is 9.61. The molecule has 2 heterocycles. The number of nitrogens with zero attached hydrogens (tertiary/aromatic N) is 1. The van der Waals surface area contributed by atoms with E-state index in [9.17, 15) is 9.59 Å². The van der Waals surface area contributed by atoms with E-state index in [2.05, 4.69) is 4.74 Å². The first-order valence-corrected chi connectivity index (χ1v) is 4.81. The molecule has 0 radical (unpaired) electrons. The molecule has 0 saturated carbocycles. The van der Waals surface area contributed by atoms with Crippen molar-refractivity contribution in [1.82, 2.24) is 4.90 Å². The van der Waals surface area contributed by atoms with Crippen molar-refractivity contribution < 1.29 is 19.1 Å². The second-order valence-corrected chi connectivity index (χ2v) is 3.62. The van der Waals surface area contributed by atoms with Gasteiger partial charge in [0.25, 0.3) is 0 Å². The average molecular weight is 199 g/mol. The van der Waals surface area contributed by atoms with Crippen LogP contribution >= 0.6 is 0 Å². The third kappa shape index (κ3) is 2.10. The normalized spacial score (nSPS) is 30.1. The van der Waals surface area contributed by atoms with Gasteiger partial charge in [0.05, 0.1) is 19.7 Å². The van der Waals surface area contributed by atoms with Crippen molar-refractivity contribution >= 4 is 11.9 Å². The quantitative estimate of drug-likeness (QED) is 0.423. The molecule has 5 heteroatoms. The van der Waals surface area contributed by atoms with Crippen LogP contribution in [0.3, 0.4) is 0 Å². The summed E-state index contributed by atoms with van der Waals surface area (Å²) in [6, 6.07) is 0.195. The fourth-order valence-corrected chi connectivity index (χ4v) is 1.85. The van der Waals surface area contributed by atoms with Gasteiger partial charge in [-0.25, -0.2) is 0 Å². The lowest BCUT2D eigenvalue weighted by Gasteiger charge is -2.34. The Balaban J connectivity index is 1.95. The first-order valence-electron chi connectivity index (χ1n) is 4.81. The number of ether oxygens (including phenoxy) is 2. The number of carbonyl (C=O) groups excluding carboxylic acids is 2. The maximum absolute atomic E-state index is 11.0. The summed E-state index contributed by atoms with van der Waals surface area (Å²) in [5, 5.41) is 0. The molecular weight excluding hydrogens is 186 g/mol. The highest BCUT2D eigenvalue weighted by Crippen LogP contribution is 2.15. The van der Waals surface area contributed by atoms with E-state index in [1.54, 1.807) is 0 Å². The summed E-state index contributed by atoms with van der Waals surface area (Å²) in [7, 11) is 0. The molecule has 0 bridgehead atoms. The van der Waals surface area contributed by atoms with Gasteiger partial charge < -0.3 is 9.47 Å². The molecule has 14 heavy (non-hydrogen) atoms. The fourth-order valence-electron chi connectivity index (χ4n) is 1.85. The van der Waals surface area contributed by atoms with E-state index >= 15 is 0 Å². The number of hydrogen-bond donors (Lipinski definition) is 0. The van der Waals surface area contributed by atoms with Crippen LogP contribution in [-0.4, -0.2) is 49.2 Å². The second-order valence-electron chi connectivity index (χ2n) is 3.62. The van der Waals surface area contributed by atoms with Gasteiger partial charge in [-0.3, -0.25) is 14.5 Å². The maximum Gasteiger partial charge on any atom is 0.327 e. The number of hydrogen-bond acceptors (Lipinski definition) is 5. The molecule has 2 fully saturated rings. The summed E-state index contributed by atoms with van der Waals surface area (Å²) in [4.78, 5) is 23.8. The topological polar surface area (TPSA) is 55.8 Å². The molecule has 1 atom stereocenters. The molecular formula is C9H13NO4. The van der Waals surface area contributed by atoms with E-state index in [1.807, 2.05) is 4.90 Å². The van der Waals surface area contributed by atoms with Gasteiger partial charge in [-0.1, -0.05) is 0 Å². The van der Waals surface area contributed by atoms with Gasteiger partial charge in [-0.15, -0.1) is 0 Å². The number of cyclic esters (lactones) is 2. The Morgan fingerprint density at radius 2 is 1.93 bits per heavy atom. The Morgan fingerprint density at radius 3 is 2.50 bits per heavy atom. The van der Waals surface area contributed by atoms with E-state index in [4.69, 9.17) is 4.74 Å². The summed E-state index contributed by atoms with van der Waals surface area (Å²) in [5.41, 5.74) is 0. The monoisotopic (exact) mass is 199 g/mol. The summed E-state index contributed by atoms with van der Waals surface area (Å²) >= 11 is 0. The van der Waals surface area contributed by atoms with Crippen molar-refractivity contribution in [1.29, 1.82) is 0 Å². The van der Waals surface area contributed by atoms with Crippen LogP contribution in [0.15, 0.2) is 0 Å². The summed E-state index contributed by atoms with van der Waals surface area (Å²) in [6.45, 7) is 1.81. The molecule has 2 rings (SSSR count). The molecule has 2 aliphatic heterocycles. The van der Waals surface area contributed by atoms with Crippen molar-refractivity contribution in [2.24, 2.45) is 0 Å². The highest BCUT2D eigenvalue weighted by Gasteiger charge is 2.31. The third-order valence-electron chi connectivity index (χ3n) is 2.54. The molecule has 78 valence electrons. The van der Waals surface area contributed by atoms with Crippen molar-refractivity contribution in [2.45, 2.75) is 18.9 Å². The van der Waals surface area contributed by atoms with E-state index < -0.39 is 11.9 Å². The van der Waals surface area contributed by atoms with Gasteiger partial charge in [0.1, 0.15) is 0 Å². The minimum absolute atomic E-state index is 0.195. The minimum Gasteiger partial charge on any atom is -0.391 e. The molecule has 0 aromatic carbocycles. The van der Waals surface area contributed by atoms with Crippen molar-refractivity contribution in [3.63, 3.8) is 0 Å². The van der Waals surface area contributed by atoms with Gasteiger partial charge in [0, 0.05) is 12.6 Å². The summed E-state index contributed by atoms with van der Waals surface area (Å²) in [6.07, 6.45) is 1.98. The van der Waals surface area contributed by atoms with E-state index in [0.29, 0.717) is 6.61 Å². The van der Waals surface area contributed by atoms with Gasteiger partial charge in [-0.05, 0) is 12.8 Å². The zero-order chi connectivity index (χ0) is 9.97. The second kappa shape index (κ2) is 4.06. The van der Waals surface area contributed by atoms with Crippen LogP contribution in [0.4, 0.5) is 0 Å². The number of rotatable bonds is 1. The molecule has 0 amide bonds. The number of carbonyl (C=O) groups is 2. The van der Waals surface area contributed by atoms with Crippen molar-refractivity contribution in [3.05, 3.63) is 0 Å². The Morgan fingerprint density at radius 1 is 1.21 bits per heavy atom. The average Bonchev–Trinajstić information content (AvgIpc) is 2.18. The molecule has 0 aromatic heterocycles.